The van der Waals surface area contributed by atoms with E-state index in [1.165, 1.54) is 12.1 Å². The van der Waals surface area contributed by atoms with E-state index < -0.39 is 17.3 Å². The Morgan fingerprint density at radius 3 is 2.57 bits per heavy atom. The number of carbonyl (C=O) groups excluding carboxylic acids is 1. The number of carbonyl (C=O) groups is 1. The van der Waals surface area contributed by atoms with Crippen molar-refractivity contribution in [2.24, 2.45) is 0 Å². The predicted molar refractivity (Wildman–Crippen MR) is 79.6 cm³/mol. The first-order valence-electron chi connectivity index (χ1n) is 7.52. The second-order valence-electron chi connectivity index (χ2n) is 6.21. The van der Waals surface area contributed by atoms with Gasteiger partial charge in [-0.1, -0.05) is 12.1 Å². The number of halogens is 3. The van der Waals surface area contributed by atoms with Crippen LogP contribution in [0.25, 0.3) is 0 Å². The fourth-order valence-corrected chi connectivity index (χ4v) is 2.86. The molecule has 23 heavy (non-hydrogen) atoms. The zero-order valence-electron chi connectivity index (χ0n) is 13.0. The molecule has 1 aromatic rings. The topological polar surface area (TPSA) is 52.6 Å². The molecule has 128 valence electrons. The van der Waals surface area contributed by atoms with Crippen LogP contribution >= 0.6 is 0 Å². The zero-order valence-corrected chi connectivity index (χ0v) is 13.0. The third kappa shape index (κ3) is 5.21. The van der Waals surface area contributed by atoms with Crippen molar-refractivity contribution in [3.63, 3.8) is 0 Å². The summed E-state index contributed by atoms with van der Waals surface area (Å²) >= 11 is 0. The first-order valence-corrected chi connectivity index (χ1v) is 7.52. The molecule has 7 heteroatoms. The molecule has 4 nitrogen and oxygen atoms in total. The molecule has 0 aromatic heterocycles. The molecule has 1 fully saturated rings. The molecule has 1 aliphatic heterocycles. The largest absolute Gasteiger partial charge is 0.416 e. The first-order chi connectivity index (χ1) is 10.7. The van der Waals surface area contributed by atoms with Crippen LogP contribution in [0, 0.1) is 0 Å². The van der Waals surface area contributed by atoms with Crippen LogP contribution in [0.2, 0.25) is 0 Å². The molecule has 0 bridgehead atoms. The Bertz CT molecular complexity index is 545. The van der Waals surface area contributed by atoms with Gasteiger partial charge in [0, 0.05) is 13.1 Å². The molecule has 2 N–H and O–H groups in total. The number of likely N-dealkylation sites (N-methyl/N-ethyl adjacent to an activating group) is 1. The van der Waals surface area contributed by atoms with Gasteiger partial charge in [0.1, 0.15) is 0 Å². The van der Waals surface area contributed by atoms with E-state index in [1.807, 2.05) is 11.9 Å². The molecule has 0 saturated carbocycles. The van der Waals surface area contributed by atoms with Gasteiger partial charge in [-0.3, -0.25) is 4.79 Å². The highest BCUT2D eigenvalue weighted by atomic mass is 19.4. The SMILES string of the molecule is CN1CCC[C@](O)(CC(=O)NCc2ccc(C(F)(F)F)cc2)C1. The van der Waals surface area contributed by atoms with Crippen LogP contribution in [0.1, 0.15) is 30.4 Å². The van der Waals surface area contributed by atoms with Crippen molar-refractivity contribution in [1.82, 2.24) is 10.2 Å². The molecule has 1 atom stereocenters. The van der Waals surface area contributed by atoms with Crippen LogP contribution < -0.4 is 5.32 Å². The van der Waals surface area contributed by atoms with E-state index >= 15 is 0 Å². The van der Waals surface area contributed by atoms with E-state index in [9.17, 15) is 23.1 Å². The Morgan fingerprint density at radius 2 is 2.00 bits per heavy atom. The minimum Gasteiger partial charge on any atom is -0.388 e. The van der Waals surface area contributed by atoms with Gasteiger partial charge in [-0.05, 0) is 44.1 Å². The van der Waals surface area contributed by atoms with Crippen molar-refractivity contribution in [2.75, 3.05) is 20.1 Å². The second kappa shape index (κ2) is 6.88. The summed E-state index contributed by atoms with van der Waals surface area (Å²) in [6.45, 7) is 1.49. The van der Waals surface area contributed by atoms with Gasteiger partial charge < -0.3 is 15.3 Å². The van der Waals surface area contributed by atoms with Crippen molar-refractivity contribution in [1.29, 1.82) is 0 Å². The third-order valence-corrected chi connectivity index (χ3v) is 4.01. The number of piperidine rings is 1. The molecule has 0 aliphatic carbocycles. The Labute approximate surface area is 133 Å². The van der Waals surface area contributed by atoms with Gasteiger partial charge in [0.2, 0.25) is 5.91 Å². The van der Waals surface area contributed by atoms with E-state index in [-0.39, 0.29) is 18.9 Å². The Morgan fingerprint density at radius 1 is 1.35 bits per heavy atom. The summed E-state index contributed by atoms with van der Waals surface area (Å²) in [5.74, 6) is -0.303. The Kier molecular flexibility index (Phi) is 5.31. The van der Waals surface area contributed by atoms with E-state index in [2.05, 4.69) is 5.32 Å². The van der Waals surface area contributed by atoms with Gasteiger partial charge in [-0.2, -0.15) is 13.2 Å². The quantitative estimate of drug-likeness (QED) is 0.890. The fraction of sp³-hybridized carbons (Fsp3) is 0.562. The lowest BCUT2D eigenvalue weighted by molar-refractivity contribution is -0.137. The molecule has 0 spiro atoms. The number of hydrogen-bond acceptors (Lipinski definition) is 3. The highest BCUT2D eigenvalue weighted by molar-refractivity contribution is 5.77. The van der Waals surface area contributed by atoms with E-state index in [4.69, 9.17) is 0 Å². The van der Waals surface area contributed by atoms with E-state index in [0.29, 0.717) is 18.5 Å². The molecule has 1 saturated heterocycles. The van der Waals surface area contributed by atoms with Crippen LogP contribution in [0.3, 0.4) is 0 Å². The first kappa shape index (κ1) is 17.7. The number of aliphatic hydroxyl groups is 1. The second-order valence-corrected chi connectivity index (χ2v) is 6.21. The van der Waals surface area contributed by atoms with Crippen LogP contribution in [0.15, 0.2) is 24.3 Å². The standard InChI is InChI=1S/C16H21F3N2O2/c1-21-8-2-7-15(23,11-21)9-14(22)20-10-12-3-5-13(6-4-12)16(17,18)19/h3-6,23H,2,7-11H2,1H3,(H,20,22)/t15-/m0/s1. The molecular formula is C16H21F3N2O2. The summed E-state index contributed by atoms with van der Waals surface area (Å²) in [6, 6.07) is 4.66. The van der Waals surface area contributed by atoms with E-state index in [0.717, 1.165) is 25.1 Å². The lowest BCUT2D eigenvalue weighted by atomic mass is 9.89. The van der Waals surface area contributed by atoms with Gasteiger partial charge in [-0.25, -0.2) is 0 Å². The molecule has 1 heterocycles. The monoisotopic (exact) mass is 330 g/mol. The maximum absolute atomic E-state index is 12.5. The molecule has 1 aliphatic rings. The number of benzene rings is 1. The van der Waals surface area contributed by atoms with Gasteiger partial charge in [0.05, 0.1) is 17.6 Å². The number of rotatable bonds is 4. The highest BCUT2D eigenvalue weighted by Crippen LogP contribution is 2.29. The maximum atomic E-state index is 12.5. The van der Waals surface area contributed by atoms with Crippen molar-refractivity contribution in [2.45, 2.75) is 37.6 Å². The molecule has 0 radical (unpaired) electrons. The summed E-state index contributed by atoms with van der Waals surface area (Å²) in [5.41, 5.74) is -1.16. The summed E-state index contributed by atoms with van der Waals surface area (Å²) in [4.78, 5) is 13.9. The van der Waals surface area contributed by atoms with Crippen molar-refractivity contribution in [3.05, 3.63) is 35.4 Å². The van der Waals surface area contributed by atoms with Crippen LogP contribution in [-0.4, -0.2) is 41.7 Å². The highest BCUT2D eigenvalue weighted by Gasteiger charge is 2.34. The average molecular weight is 330 g/mol. The van der Waals surface area contributed by atoms with Crippen molar-refractivity contribution in [3.8, 4) is 0 Å². The number of hydrogen-bond donors (Lipinski definition) is 2. The summed E-state index contributed by atoms with van der Waals surface area (Å²) < 4.78 is 37.4. The summed E-state index contributed by atoms with van der Waals surface area (Å²) in [7, 11) is 1.89. The number of nitrogens with zero attached hydrogens (tertiary/aromatic N) is 1. The molecule has 2 rings (SSSR count). The van der Waals surface area contributed by atoms with Crippen LogP contribution in [-0.2, 0) is 17.5 Å². The number of amides is 1. The maximum Gasteiger partial charge on any atom is 0.416 e. The Balaban J connectivity index is 1.84. The number of β-amino-alcohol motifs (C(OH)–C–C–N with tert-alkyl or cyclic N) is 1. The molecule has 1 amide bonds. The lowest BCUT2D eigenvalue weighted by Crippen LogP contribution is -2.49. The van der Waals surface area contributed by atoms with Crippen LogP contribution in [0.4, 0.5) is 13.2 Å². The number of alkyl halides is 3. The predicted octanol–water partition coefficient (Wildman–Crippen LogP) is 2.17. The smallest absolute Gasteiger partial charge is 0.388 e. The fourth-order valence-electron chi connectivity index (χ4n) is 2.86. The van der Waals surface area contributed by atoms with Crippen molar-refractivity contribution < 1.29 is 23.1 Å². The zero-order chi connectivity index (χ0) is 17.1. The van der Waals surface area contributed by atoms with Gasteiger partial charge in [-0.15, -0.1) is 0 Å². The number of likely N-dealkylation sites (tertiary alicyclic amines) is 1. The number of nitrogens with one attached hydrogen (secondary N) is 1. The molecule has 1 aromatic carbocycles. The minimum absolute atomic E-state index is 0.00201. The van der Waals surface area contributed by atoms with Gasteiger partial charge >= 0.3 is 6.18 Å². The average Bonchev–Trinajstić information content (AvgIpc) is 2.44. The third-order valence-electron chi connectivity index (χ3n) is 4.01. The summed E-state index contributed by atoms with van der Waals surface area (Å²) in [5, 5.41) is 13.1. The van der Waals surface area contributed by atoms with Gasteiger partial charge in [0.15, 0.2) is 0 Å². The lowest BCUT2D eigenvalue weighted by Gasteiger charge is -2.36. The minimum atomic E-state index is -4.36. The molecule has 0 unspecified atom stereocenters. The molecular weight excluding hydrogens is 309 g/mol. The van der Waals surface area contributed by atoms with Crippen LogP contribution in [0.5, 0.6) is 0 Å². The van der Waals surface area contributed by atoms with Crippen molar-refractivity contribution >= 4 is 5.91 Å². The van der Waals surface area contributed by atoms with E-state index in [1.54, 1.807) is 0 Å². The summed E-state index contributed by atoms with van der Waals surface area (Å²) in [6.07, 6.45) is -2.96. The Hall–Kier alpha value is -1.60. The normalized spacial score (nSPS) is 22.8. The van der Waals surface area contributed by atoms with Gasteiger partial charge in [0.25, 0.3) is 0 Å².